The maximum Gasteiger partial charge on any atom is 0.124 e. The lowest BCUT2D eigenvalue weighted by molar-refractivity contribution is 0.205. The van der Waals surface area contributed by atoms with Crippen molar-refractivity contribution < 1.29 is 9.84 Å². The molecule has 0 fully saturated rings. The van der Waals surface area contributed by atoms with Gasteiger partial charge in [-0.05, 0) is 51.6 Å². The standard InChI is InChI=1S/C15H24ClNO2/c1-5-8-19-15-9-11(2)13(16)10-12(15)14(6-7-18)17(3)4/h9-10,14,18H,5-8H2,1-4H3. The number of nitrogens with zero attached hydrogens (tertiary/aromatic N) is 1. The molecule has 1 aromatic rings. The Labute approximate surface area is 121 Å². The van der Waals surface area contributed by atoms with Gasteiger partial charge in [0, 0.05) is 23.2 Å². The van der Waals surface area contributed by atoms with E-state index in [0.29, 0.717) is 13.0 Å². The largest absolute Gasteiger partial charge is 0.493 e. The van der Waals surface area contributed by atoms with E-state index in [1.54, 1.807) is 0 Å². The Morgan fingerprint density at radius 1 is 1.37 bits per heavy atom. The van der Waals surface area contributed by atoms with Crippen molar-refractivity contribution in [2.45, 2.75) is 32.7 Å². The zero-order valence-electron chi connectivity index (χ0n) is 12.2. The number of hydrogen-bond acceptors (Lipinski definition) is 3. The molecule has 1 rings (SSSR count). The van der Waals surface area contributed by atoms with E-state index in [1.807, 2.05) is 33.2 Å². The molecule has 1 N–H and O–H groups in total. The molecule has 0 spiro atoms. The summed E-state index contributed by atoms with van der Waals surface area (Å²) in [6, 6.07) is 4.05. The normalized spacial score (nSPS) is 12.8. The van der Waals surface area contributed by atoms with Crippen LogP contribution < -0.4 is 4.74 Å². The summed E-state index contributed by atoms with van der Waals surface area (Å²) in [5.74, 6) is 0.871. The molecule has 0 aliphatic rings. The summed E-state index contributed by atoms with van der Waals surface area (Å²) in [5.41, 5.74) is 2.06. The lowest BCUT2D eigenvalue weighted by Crippen LogP contribution is -2.22. The van der Waals surface area contributed by atoms with Crippen molar-refractivity contribution >= 4 is 11.6 Å². The maximum absolute atomic E-state index is 9.24. The second kappa shape index (κ2) is 7.73. The predicted octanol–water partition coefficient (Wildman–Crippen LogP) is 3.42. The van der Waals surface area contributed by atoms with E-state index in [1.165, 1.54) is 0 Å². The van der Waals surface area contributed by atoms with Crippen molar-refractivity contribution in [3.8, 4) is 5.75 Å². The van der Waals surface area contributed by atoms with Crippen LogP contribution in [0.1, 0.15) is 36.9 Å². The van der Waals surface area contributed by atoms with Gasteiger partial charge in [0.2, 0.25) is 0 Å². The van der Waals surface area contributed by atoms with Crippen LogP contribution in [0.4, 0.5) is 0 Å². The van der Waals surface area contributed by atoms with Gasteiger partial charge < -0.3 is 14.7 Å². The molecule has 4 heteroatoms. The van der Waals surface area contributed by atoms with Gasteiger partial charge in [-0.2, -0.15) is 0 Å². The van der Waals surface area contributed by atoms with Crippen molar-refractivity contribution in [1.82, 2.24) is 4.90 Å². The van der Waals surface area contributed by atoms with Crippen LogP contribution >= 0.6 is 11.6 Å². The van der Waals surface area contributed by atoms with Gasteiger partial charge in [-0.15, -0.1) is 0 Å². The van der Waals surface area contributed by atoms with Gasteiger partial charge in [-0.25, -0.2) is 0 Å². The Balaban J connectivity index is 3.16. The fraction of sp³-hybridized carbons (Fsp3) is 0.600. The van der Waals surface area contributed by atoms with E-state index < -0.39 is 0 Å². The first kappa shape index (κ1) is 16.3. The first-order chi connectivity index (χ1) is 9.01. The zero-order valence-corrected chi connectivity index (χ0v) is 13.0. The van der Waals surface area contributed by atoms with Gasteiger partial charge in [0.25, 0.3) is 0 Å². The van der Waals surface area contributed by atoms with Crippen LogP contribution in [0, 0.1) is 6.92 Å². The molecule has 3 nitrogen and oxygen atoms in total. The summed E-state index contributed by atoms with van der Waals surface area (Å²) >= 11 is 6.23. The first-order valence-electron chi connectivity index (χ1n) is 6.71. The monoisotopic (exact) mass is 285 g/mol. The van der Waals surface area contributed by atoms with E-state index in [2.05, 4.69) is 11.8 Å². The average Bonchev–Trinajstić information content (AvgIpc) is 2.36. The van der Waals surface area contributed by atoms with E-state index in [4.69, 9.17) is 16.3 Å². The minimum Gasteiger partial charge on any atom is -0.493 e. The van der Waals surface area contributed by atoms with E-state index in [9.17, 15) is 5.11 Å². The molecule has 1 atom stereocenters. The summed E-state index contributed by atoms with van der Waals surface area (Å²) in [6.45, 7) is 4.89. The van der Waals surface area contributed by atoms with E-state index in [0.717, 1.165) is 28.3 Å². The van der Waals surface area contributed by atoms with Gasteiger partial charge in [0.1, 0.15) is 5.75 Å². The molecular formula is C15H24ClNO2. The van der Waals surface area contributed by atoms with Crippen LogP contribution in [-0.4, -0.2) is 37.3 Å². The smallest absolute Gasteiger partial charge is 0.124 e. The number of rotatable bonds is 7. The van der Waals surface area contributed by atoms with Crippen LogP contribution in [-0.2, 0) is 0 Å². The number of aryl methyl sites for hydroxylation is 1. The Morgan fingerprint density at radius 2 is 2.05 bits per heavy atom. The van der Waals surface area contributed by atoms with Crippen molar-refractivity contribution in [1.29, 1.82) is 0 Å². The fourth-order valence-corrected chi connectivity index (χ4v) is 2.25. The highest BCUT2D eigenvalue weighted by Gasteiger charge is 2.19. The Hall–Kier alpha value is -0.770. The highest BCUT2D eigenvalue weighted by Crippen LogP contribution is 2.34. The number of aliphatic hydroxyl groups excluding tert-OH is 1. The van der Waals surface area contributed by atoms with Crippen LogP contribution in [0.25, 0.3) is 0 Å². The predicted molar refractivity (Wildman–Crippen MR) is 80.1 cm³/mol. The Morgan fingerprint density at radius 3 is 2.58 bits per heavy atom. The molecule has 19 heavy (non-hydrogen) atoms. The number of halogens is 1. The van der Waals surface area contributed by atoms with Gasteiger partial charge in [0.15, 0.2) is 0 Å². The van der Waals surface area contributed by atoms with Crippen molar-refractivity contribution in [2.24, 2.45) is 0 Å². The lowest BCUT2D eigenvalue weighted by atomic mass is 10.00. The lowest BCUT2D eigenvalue weighted by Gasteiger charge is -2.26. The minimum atomic E-state index is 0.106. The summed E-state index contributed by atoms with van der Waals surface area (Å²) < 4.78 is 5.83. The molecule has 0 amide bonds. The van der Waals surface area contributed by atoms with Crippen molar-refractivity contribution in [3.63, 3.8) is 0 Å². The molecule has 1 aromatic carbocycles. The third-order valence-electron chi connectivity index (χ3n) is 3.14. The van der Waals surface area contributed by atoms with Gasteiger partial charge in [-0.1, -0.05) is 18.5 Å². The molecule has 0 saturated heterocycles. The van der Waals surface area contributed by atoms with Gasteiger partial charge in [-0.3, -0.25) is 0 Å². The van der Waals surface area contributed by atoms with E-state index >= 15 is 0 Å². The molecule has 1 unspecified atom stereocenters. The number of ether oxygens (including phenoxy) is 1. The molecule has 0 aliphatic carbocycles. The summed E-state index contributed by atoms with van der Waals surface area (Å²) in [4.78, 5) is 2.08. The van der Waals surface area contributed by atoms with Crippen LogP contribution in [0.3, 0.4) is 0 Å². The summed E-state index contributed by atoms with van der Waals surface area (Å²) in [7, 11) is 4.00. The molecule has 0 aliphatic heterocycles. The molecule has 0 aromatic heterocycles. The molecule has 0 radical (unpaired) electrons. The fourth-order valence-electron chi connectivity index (χ4n) is 2.08. The average molecular weight is 286 g/mol. The Kier molecular flexibility index (Phi) is 6.63. The van der Waals surface area contributed by atoms with Crippen LogP contribution in [0.5, 0.6) is 5.75 Å². The third kappa shape index (κ3) is 4.37. The molecule has 108 valence electrons. The van der Waals surface area contributed by atoms with Gasteiger partial charge in [0.05, 0.1) is 6.61 Å². The summed E-state index contributed by atoms with van der Waals surface area (Å²) in [5, 5.41) is 9.98. The minimum absolute atomic E-state index is 0.106. The number of aliphatic hydroxyl groups is 1. The van der Waals surface area contributed by atoms with Gasteiger partial charge >= 0.3 is 0 Å². The molecule has 0 bridgehead atoms. The quantitative estimate of drug-likeness (QED) is 0.833. The SMILES string of the molecule is CCCOc1cc(C)c(Cl)cc1C(CCO)N(C)C. The number of benzene rings is 1. The van der Waals surface area contributed by atoms with Crippen molar-refractivity contribution in [2.75, 3.05) is 27.3 Å². The zero-order chi connectivity index (χ0) is 14.4. The highest BCUT2D eigenvalue weighted by molar-refractivity contribution is 6.31. The topological polar surface area (TPSA) is 32.7 Å². The second-order valence-corrected chi connectivity index (χ2v) is 5.39. The third-order valence-corrected chi connectivity index (χ3v) is 3.54. The van der Waals surface area contributed by atoms with Crippen molar-refractivity contribution in [3.05, 3.63) is 28.3 Å². The molecule has 0 saturated carbocycles. The Bertz CT molecular complexity index is 407. The maximum atomic E-state index is 9.24. The molecular weight excluding hydrogens is 262 g/mol. The molecule has 0 heterocycles. The summed E-state index contributed by atoms with van der Waals surface area (Å²) in [6.07, 6.45) is 1.63. The number of hydrogen-bond donors (Lipinski definition) is 1. The van der Waals surface area contributed by atoms with Crippen LogP contribution in [0.2, 0.25) is 5.02 Å². The van der Waals surface area contributed by atoms with Crippen LogP contribution in [0.15, 0.2) is 12.1 Å². The second-order valence-electron chi connectivity index (χ2n) is 4.98. The first-order valence-corrected chi connectivity index (χ1v) is 7.09. The van der Waals surface area contributed by atoms with E-state index in [-0.39, 0.29) is 12.6 Å². The highest BCUT2D eigenvalue weighted by atomic mass is 35.5.